The van der Waals surface area contributed by atoms with E-state index in [1.807, 2.05) is 0 Å². The highest BCUT2D eigenvalue weighted by atomic mass is 16.3. The van der Waals surface area contributed by atoms with Crippen molar-refractivity contribution in [2.45, 2.75) is 32.3 Å². The monoisotopic (exact) mass is 155 g/mol. The third-order valence-electron chi connectivity index (χ3n) is 1.62. The SMILES string of the molecule is CCCCC(O)c1cocn1. The van der Waals surface area contributed by atoms with Crippen LogP contribution in [-0.4, -0.2) is 10.1 Å². The van der Waals surface area contributed by atoms with Crippen molar-refractivity contribution < 1.29 is 9.52 Å². The fraction of sp³-hybridized carbons (Fsp3) is 0.625. The molecule has 0 saturated carbocycles. The van der Waals surface area contributed by atoms with Gasteiger partial charge in [-0.05, 0) is 6.42 Å². The van der Waals surface area contributed by atoms with Gasteiger partial charge in [-0.2, -0.15) is 0 Å². The van der Waals surface area contributed by atoms with Gasteiger partial charge in [-0.25, -0.2) is 4.98 Å². The number of hydrogen-bond acceptors (Lipinski definition) is 3. The van der Waals surface area contributed by atoms with Gasteiger partial charge in [0.2, 0.25) is 0 Å². The largest absolute Gasteiger partial charge is 0.451 e. The van der Waals surface area contributed by atoms with Gasteiger partial charge in [-0.15, -0.1) is 0 Å². The molecule has 3 nitrogen and oxygen atoms in total. The van der Waals surface area contributed by atoms with Gasteiger partial charge in [0.1, 0.15) is 12.0 Å². The second kappa shape index (κ2) is 4.13. The van der Waals surface area contributed by atoms with E-state index >= 15 is 0 Å². The Morgan fingerprint density at radius 2 is 2.55 bits per heavy atom. The molecule has 11 heavy (non-hydrogen) atoms. The summed E-state index contributed by atoms with van der Waals surface area (Å²) >= 11 is 0. The fourth-order valence-corrected chi connectivity index (χ4v) is 0.932. The Bertz CT molecular complexity index is 184. The topological polar surface area (TPSA) is 46.3 Å². The van der Waals surface area contributed by atoms with Crippen molar-refractivity contribution in [2.24, 2.45) is 0 Å². The quantitative estimate of drug-likeness (QED) is 0.722. The fourth-order valence-electron chi connectivity index (χ4n) is 0.932. The summed E-state index contributed by atoms with van der Waals surface area (Å²) in [4.78, 5) is 3.85. The third-order valence-corrected chi connectivity index (χ3v) is 1.62. The Morgan fingerprint density at radius 1 is 1.73 bits per heavy atom. The van der Waals surface area contributed by atoms with Crippen LogP contribution in [0.4, 0.5) is 0 Å². The first-order chi connectivity index (χ1) is 5.34. The lowest BCUT2D eigenvalue weighted by Crippen LogP contribution is -1.96. The van der Waals surface area contributed by atoms with E-state index in [1.54, 1.807) is 0 Å². The molecule has 0 amide bonds. The van der Waals surface area contributed by atoms with Gasteiger partial charge in [0.25, 0.3) is 0 Å². The molecule has 1 N–H and O–H groups in total. The van der Waals surface area contributed by atoms with E-state index in [0.29, 0.717) is 5.69 Å². The molecule has 1 unspecified atom stereocenters. The van der Waals surface area contributed by atoms with Crippen LogP contribution in [0.1, 0.15) is 38.0 Å². The lowest BCUT2D eigenvalue weighted by molar-refractivity contribution is 0.159. The van der Waals surface area contributed by atoms with Crippen LogP contribution in [-0.2, 0) is 0 Å². The summed E-state index contributed by atoms with van der Waals surface area (Å²) in [6.45, 7) is 2.09. The van der Waals surface area contributed by atoms with Crippen LogP contribution in [0.3, 0.4) is 0 Å². The maximum atomic E-state index is 9.42. The van der Waals surface area contributed by atoms with Gasteiger partial charge in [-0.1, -0.05) is 19.8 Å². The second-order valence-electron chi connectivity index (χ2n) is 2.57. The summed E-state index contributed by atoms with van der Waals surface area (Å²) in [7, 11) is 0. The molecule has 0 radical (unpaired) electrons. The van der Waals surface area contributed by atoms with E-state index in [4.69, 9.17) is 4.42 Å². The van der Waals surface area contributed by atoms with Crippen LogP contribution < -0.4 is 0 Å². The number of aliphatic hydroxyl groups is 1. The minimum absolute atomic E-state index is 0.450. The van der Waals surface area contributed by atoms with Crippen molar-refractivity contribution >= 4 is 0 Å². The Hall–Kier alpha value is -0.830. The van der Waals surface area contributed by atoms with Crippen molar-refractivity contribution in [3.8, 4) is 0 Å². The van der Waals surface area contributed by atoms with E-state index in [0.717, 1.165) is 19.3 Å². The number of oxazole rings is 1. The van der Waals surface area contributed by atoms with E-state index in [9.17, 15) is 5.11 Å². The number of hydrogen-bond donors (Lipinski definition) is 1. The van der Waals surface area contributed by atoms with E-state index in [-0.39, 0.29) is 0 Å². The first-order valence-corrected chi connectivity index (χ1v) is 3.90. The molecule has 0 bridgehead atoms. The standard InChI is InChI=1S/C8H13NO2/c1-2-3-4-8(10)7-5-11-6-9-7/h5-6,8,10H,2-4H2,1H3. The summed E-state index contributed by atoms with van der Waals surface area (Å²) in [6.07, 6.45) is 5.25. The zero-order chi connectivity index (χ0) is 8.10. The van der Waals surface area contributed by atoms with Crippen molar-refractivity contribution in [2.75, 3.05) is 0 Å². The lowest BCUT2D eigenvalue weighted by Gasteiger charge is -2.04. The van der Waals surface area contributed by atoms with Crippen LogP contribution in [0, 0.1) is 0 Å². The van der Waals surface area contributed by atoms with Gasteiger partial charge in [-0.3, -0.25) is 0 Å². The minimum Gasteiger partial charge on any atom is -0.451 e. The first kappa shape index (κ1) is 8.27. The second-order valence-corrected chi connectivity index (χ2v) is 2.57. The molecule has 0 fully saturated rings. The zero-order valence-corrected chi connectivity index (χ0v) is 6.66. The smallest absolute Gasteiger partial charge is 0.180 e. The molecule has 1 aromatic heterocycles. The molecule has 3 heteroatoms. The molecule has 1 aromatic rings. The molecule has 0 saturated heterocycles. The molecule has 1 heterocycles. The highest BCUT2D eigenvalue weighted by Crippen LogP contribution is 2.16. The van der Waals surface area contributed by atoms with Gasteiger partial charge in [0, 0.05) is 0 Å². The Labute approximate surface area is 66.1 Å². The molecule has 0 aliphatic rings. The maximum Gasteiger partial charge on any atom is 0.180 e. The Balaban J connectivity index is 2.36. The Kier molecular flexibility index (Phi) is 3.11. The minimum atomic E-state index is -0.450. The Morgan fingerprint density at radius 3 is 3.09 bits per heavy atom. The number of nitrogens with zero attached hydrogens (tertiary/aromatic N) is 1. The van der Waals surface area contributed by atoms with Crippen molar-refractivity contribution in [3.05, 3.63) is 18.4 Å². The van der Waals surface area contributed by atoms with Crippen LogP contribution in [0.2, 0.25) is 0 Å². The molecule has 62 valence electrons. The summed E-state index contributed by atoms with van der Waals surface area (Å²) in [6, 6.07) is 0. The normalized spacial score (nSPS) is 13.3. The molecule has 0 aliphatic carbocycles. The summed E-state index contributed by atoms with van der Waals surface area (Å²) in [5.74, 6) is 0. The number of unbranched alkanes of at least 4 members (excludes halogenated alkanes) is 1. The highest BCUT2D eigenvalue weighted by molar-refractivity contribution is 4.95. The number of rotatable bonds is 4. The van der Waals surface area contributed by atoms with Gasteiger partial charge in [0.15, 0.2) is 6.39 Å². The summed E-state index contributed by atoms with van der Waals surface area (Å²) in [5.41, 5.74) is 0.637. The first-order valence-electron chi connectivity index (χ1n) is 3.90. The van der Waals surface area contributed by atoms with E-state index in [1.165, 1.54) is 12.7 Å². The number of aliphatic hydroxyl groups excluding tert-OH is 1. The molecule has 1 rings (SSSR count). The van der Waals surface area contributed by atoms with Crippen molar-refractivity contribution in [3.63, 3.8) is 0 Å². The van der Waals surface area contributed by atoms with Gasteiger partial charge in [0.05, 0.1) is 6.10 Å². The third kappa shape index (κ3) is 2.35. The number of aromatic nitrogens is 1. The van der Waals surface area contributed by atoms with Crippen LogP contribution in [0.5, 0.6) is 0 Å². The molecule has 1 atom stereocenters. The zero-order valence-electron chi connectivity index (χ0n) is 6.66. The van der Waals surface area contributed by atoms with Gasteiger partial charge < -0.3 is 9.52 Å². The van der Waals surface area contributed by atoms with Crippen LogP contribution >= 0.6 is 0 Å². The predicted octanol–water partition coefficient (Wildman–Crippen LogP) is 1.90. The van der Waals surface area contributed by atoms with Crippen LogP contribution in [0.25, 0.3) is 0 Å². The van der Waals surface area contributed by atoms with Crippen molar-refractivity contribution in [1.29, 1.82) is 0 Å². The highest BCUT2D eigenvalue weighted by Gasteiger charge is 2.08. The predicted molar refractivity (Wildman–Crippen MR) is 41.0 cm³/mol. The molecule has 0 spiro atoms. The van der Waals surface area contributed by atoms with E-state index < -0.39 is 6.10 Å². The molecular formula is C8H13NO2. The summed E-state index contributed by atoms with van der Waals surface area (Å²) in [5, 5.41) is 9.42. The average Bonchev–Trinajstić information content (AvgIpc) is 2.52. The van der Waals surface area contributed by atoms with Crippen molar-refractivity contribution in [1.82, 2.24) is 4.98 Å². The lowest BCUT2D eigenvalue weighted by atomic mass is 10.1. The van der Waals surface area contributed by atoms with Crippen LogP contribution in [0.15, 0.2) is 17.1 Å². The van der Waals surface area contributed by atoms with E-state index in [2.05, 4.69) is 11.9 Å². The molecule has 0 aromatic carbocycles. The summed E-state index contributed by atoms with van der Waals surface area (Å²) < 4.78 is 4.74. The maximum absolute atomic E-state index is 9.42. The molecule has 0 aliphatic heterocycles. The van der Waals surface area contributed by atoms with Gasteiger partial charge >= 0.3 is 0 Å². The average molecular weight is 155 g/mol. The molecular weight excluding hydrogens is 142 g/mol.